The summed E-state index contributed by atoms with van der Waals surface area (Å²) < 4.78 is 4.87. The van der Waals surface area contributed by atoms with Gasteiger partial charge in [0.1, 0.15) is 11.9 Å². The van der Waals surface area contributed by atoms with Gasteiger partial charge in [-0.25, -0.2) is 4.79 Å². The zero-order valence-electron chi connectivity index (χ0n) is 8.40. The first-order chi connectivity index (χ1) is 5.78. The lowest BCUT2D eigenvalue weighted by atomic mass is 10.1. The average molecular weight is 188 g/mol. The molecule has 0 amide bonds. The first-order valence-electron chi connectivity index (χ1n) is 4.14. The summed E-state index contributed by atoms with van der Waals surface area (Å²) in [5, 5.41) is 9.24. The summed E-state index contributed by atoms with van der Waals surface area (Å²) >= 11 is 0. The summed E-state index contributed by atoms with van der Waals surface area (Å²) in [6.07, 6.45) is -0.842. The first-order valence-corrected chi connectivity index (χ1v) is 4.14. The third-order valence-corrected chi connectivity index (χ3v) is 1.36. The molecule has 0 saturated heterocycles. The summed E-state index contributed by atoms with van der Waals surface area (Å²) in [4.78, 5) is 21.4. The minimum atomic E-state index is -1.36. The Morgan fingerprint density at radius 1 is 1.46 bits per heavy atom. The second-order valence-electron chi connectivity index (χ2n) is 3.97. The van der Waals surface area contributed by atoms with Crippen molar-refractivity contribution in [1.29, 1.82) is 0 Å². The van der Waals surface area contributed by atoms with Crippen LogP contribution in [0, 0.1) is 5.92 Å². The molecule has 0 heterocycles. The first kappa shape index (κ1) is 12.1. The second kappa shape index (κ2) is 4.37. The molecule has 13 heavy (non-hydrogen) atoms. The third kappa shape index (κ3) is 4.62. The van der Waals surface area contributed by atoms with Gasteiger partial charge in [-0.3, -0.25) is 0 Å². The molecule has 0 aliphatic carbocycles. The molecule has 4 nitrogen and oxygen atoms in total. The predicted octanol–water partition coefficient (Wildman–Crippen LogP) is 0.524. The average Bonchev–Trinajstić information content (AvgIpc) is 1.98. The van der Waals surface area contributed by atoms with Crippen molar-refractivity contribution >= 4 is 12.3 Å². The molecule has 0 radical (unpaired) electrons. The summed E-state index contributed by atoms with van der Waals surface area (Å²) in [7, 11) is 0. The third-order valence-electron chi connectivity index (χ3n) is 1.36. The van der Waals surface area contributed by atoms with Gasteiger partial charge in [-0.1, -0.05) is 6.92 Å². The lowest BCUT2D eigenvalue weighted by molar-refractivity contribution is -0.168. The van der Waals surface area contributed by atoms with Crippen LogP contribution in [0.15, 0.2) is 0 Å². The topological polar surface area (TPSA) is 63.6 Å². The Morgan fingerprint density at radius 3 is 2.23 bits per heavy atom. The number of aliphatic hydroxyl groups is 1. The predicted molar refractivity (Wildman–Crippen MR) is 47.1 cm³/mol. The van der Waals surface area contributed by atoms with E-state index < -0.39 is 23.6 Å². The van der Waals surface area contributed by atoms with E-state index in [1.165, 1.54) is 6.92 Å². The lowest BCUT2D eigenvalue weighted by Gasteiger charge is -2.22. The highest BCUT2D eigenvalue weighted by atomic mass is 16.6. The van der Waals surface area contributed by atoms with Gasteiger partial charge in [-0.05, 0) is 20.8 Å². The van der Waals surface area contributed by atoms with Crippen LogP contribution >= 0.6 is 0 Å². The fourth-order valence-electron chi connectivity index (χ4n) is 0.651. The highest BCUT2D eigenvalue weighted by molar-refractivity contribution is 5.78. The smallest absolute Gasteiger partial charge is 0.336 e. The number of ether oxygens (including phenoxy) is 1. The Morgan fingerprint density at radius 2 is 1.92 bits per heavy atom. The van der Waals surface area contributed by atoms with Gasteiger partial charge in [0.2, 0.25) is 0 Å². The van der Waals surface area contributed by atoms with Gasteiger partial charge in [0.25, 0.3) is 0 Å². The number of aldehydes is 1. The molecule has 0 spiro atoms. The maximum atomic E-state index is 11.1. The van der Waals surface area contributed by atoms with Crippen LogP contribution in [0.2, 0.25) is 0 Å². The van der Waals surface area contributed by atoms with Gasteiger partial charge < -0.3 is 14.6 Å². The van der Waals surface area contributed by atoms with Crippen molar-refractivity contribution in [3.63, 3.8) is 0 Å². The Balaban J connectivity index is 4.19. The maximum absolute atomic E-state index is 11.1. The highest BCUT2D eigenvalue weighted by Crippen LogP contribution is 2.11. The molecule has 0 aromatic heterocycles. The van der Waals surface area contributed by atoms with Gasteiger partial charge in [0.15, 0.2) is 6.10 Å². The Bertz CT molecular complexity index is 192. The quantitative estimate of drug-likeness (QED) is 0.518. The van der Waals surface area contributed by atoms with E-state index >= 15 is 0 Å². The molecule has 1 N–H and O–H groups in total. The fraction of sp³-hybridized carbons (Fsp3) is 0.778. The van der Waals surface area contributed by atoms with Crippen molar-refractivity contribution in [3.8, 4) is 0 Å². The summed E-state index contributed by atoms with van der Waals surface area (Å²) in [5.41, 5.74) is -0.638. The molecule has 2 atom stereocenters. The molecule has 0 saturated carbocycles. The minimum Gasteiger partial charge on any atom is -0.458 e. The van der Waals surface area contributed by atoms with Gasteiger partial charge in [-0.15, -0.1) is 0 Å². The van der Waals surface area contributed by atoms with Crippen molar-refractivity contribution in [2.24, 2.45) is 5.92 Å². The van der Waals surface area contributed by atoms with E-state index in [2.05, 4.69) is 0 Å². The Hall–Kier alpha value is -0.900. The van der Waals surface area contributed by atoms with E-state index in [1.807, 2.05) is 0 Å². The second-order valence-corrected chi connectivity index (χ2v) is 3.97. The zero-order valence-corrected chi connectivity index (χ0v) is 8.40. The molecule has 0 aliphatic rings. The van der Waals surface area contributed by atoms with Crippen LogP contribution in [0.5, 0.6) is 0 Å². The van der Waals surface area contributed by atoms with Gasteiger partial charge >= 0.3 is 5.97 Å². The van der Waals surface area contributed by atoms with E-state index in [0.717, 1.165) is 0 Å². The van der Waals surface area contributed by atoms with Gasteiger partial charge in [0, 0.05) is 5.92 Å². The largest absolute Gasteiger partial charge is 0.458 e. The van der Waals surface area contributed by atoms with Crippen molar-refractivity contribution in [1.82, 2.24) is 0 Å². The van der Waals surface area contributed by atoms with Crippen LogP contribution < -0.4 is 0 Å². The number of aliphatic hydroxyl groups excluding tert-OH is 1. The molecule has 0 unspecified atom stereocenters. The molecule has 0 fully saturated rings. The minimum absolute atomic E-state index is 0.522. The van der Waals surface area contributed by atoms with Crippen molar-refractivity contribution < 1.29 is 19.4 Å². The monoisotopic (exact) mass is 188 g/mol. The van der Waals surface area contributed by atoms with Crippen LogP contribution in [0.1, 0.15) is 27.7 Å². The maximum Gasteiger partial charge on any atom is 0.336 e. The molecular formula is C9H16O4. The molecular weight excluding hydrogens is 172 g/mol. The standard InChI is InChI=1S/C9H16O4/c1-6(5-10)7(11)8(12)13-9(2,3)4/h5-7,11H,1-4H3/t6-,7+/m0/s1. The molecule has 0 aromatic carbocycles. The number of rotatable bonds is 3. The van der Waals surface area contributed by atoms with E-state index in [4.69, 9.17) is 4.74 Å². The molecule has 0 bridgehead atoms. The number of hydrogen-bond acceptors (Lipinski definition) is 4. The summed E-state index contributed by atoms with van der Waals surface area (Å²) in [5.74, 6) is -1.48. The van der Waals surface area contributed by atoms with Crippen molar-refractivity contribution in [2.45, 2.75) is 39.4 Å². The SMILES string of the molecule is C[C@@H](C=O)[C@@H](O)C(=O)OC(C)(C)C. The molecule has 0 rings (SSSR count). The Kier molecular flexibility index (Phi) is 4.07. The van der Waals surface area contributed by atoms with Gasteiger partial charge in [0.05, 0.1) is 0 Å². The molecule has 0 aromatic rings. The van der Waals surface area contributed by atoms with Gasteiger partial charge in [-0.2, -0.15) is 0 Å². The van der Waals surface area contributed by atoms with Crippen LogP contribution in [-0.4, -0.2) is 29.1 Å². The number of carbonyl (C=O) groups excluding carboxylic acids is 2. The molecule has 4 heteroatoms. The van der Waals surface area contributed by atoms with Crippen LogP contribution in [0.3, 0.4) is 0 Å². The van der Waals surface area contributed by atoms with Crippen molar-refractivity contribution in [3.05, 3.63) is 0 Å². The van der Waals surface area contributed by atoms with Crippen LogP contribution in [0.4, 0.5) is 0 Å². The van der Waals surface area contributed by atoms with E-state index in [-0.39, 0.29) is 0 Å². The van der Waals surface area contributed by atoms with E-state index in [1.54, 1.807) is 20.8 Å². The fourth-order valence-corrected chi connectivity index (χ4v) is 0.651. The van der Waals surface area contributed by atoms with E-state index in [9.17, 15) is 14.7 Å². The summed E-state index contributed by atoms with van der Waals surface area (Å²) in [6, 6.07) is 0. The van der Waals surface area contributed by atoms with Crippen LogP contribution in [-0.2, 0) is 14.3 Å². The van der Waals surface area contributed by atoms with E-state index in [0.29, 0.717) is 6.29 Å². The molecule has 76 valence electrons. The zero-order chi connectivity index (χ0) is 10.6. The number of hydrogen-bond donors (Lipinski definition) is 1. The normalized spacial score (nSPS) is 16.1. The van der Waals surface area contributed by atoms with Crippen molar-refractivity contribution in [2.75, 3.05) is 0 Å². The number of esters is 1. The highest BCUT2D eigenvalue weighted by Gasteiger charge is 2.27. The Labute approximate surface area is 77.9 Å². The van der Waals surface area contributed by atoms with Crippen LogP contribution in [0.25, 0.3) is 0 Å². The molecule has 0 aliphatic heterocycles. The number of carbonyl (C=O) groups is 2. The lowest BCUT2D eigenvalue weighted by Crippen LogP contribution is -2.35. The summed E-state index contributed by atoms with van der Waals surface area (Å²) in [6.45, 7) is 6.55.